The number of amides is 1. The number of carbonyl (C=O) groups excluding carboxylic acids is 1. The van der Waals surface area contributed by atoms with Crippen LogP contribution in [-0.4, -0.2) is 40.5 Å². The van der Waals surface area contributed by atoms with Gasteiger partial charge in [-0.2, -0.15) is 0 Å². The Bertz CT molecular complexity index is 1190. The van der Waals surface area contributed by atoms with Gasteiger partial charge < -0.3 is 14.6 Å². The first-order valence-corrected chi connectivity index (χ1v) is 10.8. The number of benzene rings is 2. The second kappa shape index (κ2) is 8.73. The molecule has 0 aliphatic heterocycles. The first kappa shape index (κ1) is 22.0. The molecule has 1 heterocycles. The summed E-state index contributed by atoms with van der Waals surface area (Å²) in [6.07, 6.45) is 5.20. The van der Waals surface area contributed by atoms with E-state index in [0.29, 0.717) is 16.8 Å². The number of carboxylic acids is 1. The van der Waals surface area contributed by atoms with Gasteiger partial charge in [0.15, 0.2) is 11.6 Å². The fraction of sp³-hybridized carbons (Fsp3) is 0.360. The van der Waals surface area contributed by atoms with Gasteiger partial charge in [-0.05, 0) is 54.7 Å². The fourth-order valence-corrected chi connectivity index (χ4v) is 4.71. The molecule has 1 saturated carbocycles. The molecule has 32 heavy (non-hydrogen) atoms. The molecule has 1 aliphatic rings. The SMILES string of the molecule is CN(C)C(=O)Cn1c(-c2ccc(F)c(F)c2)c(C2CCCCC2)c2ccc(C(=O)O)cc21. The molecule has 0 unspecified atom stereocenters. The molecule has 5 nitrogen and oxygen atoms in total. The van der Waals surface area contributed by atoms with Crippen molar-refractivity contribution >= 4 is 22.8 Å². The Balaban J connectivity index is 2.06. The van der Waals surface area contributed by atoms with Crippen LogP contribution in [0.2, 0.25) is 0 Å². The van der Waals surface area contributed by atoms with Gasteiger partial charge in [-0.3, -0.25) is 4.79 Å². The van der Waals surface area contributed by atoms with Gasteiger partial charge in [0.2, 0.25) is 5.91 Å². The number of carboxylic acid groups (broad SMARTS) is 1. The Morgan fingerprint density at radius 1 is 1.03 bits per heavy atom. The van der Waals surface area contributed by atoms with E-state index >= 15 is 0 Å². The van der Waals surface area contributed by atoms with Crippen LogP contribution in [-0.2, 0) is 11.3 Å². The van der Waals surface area contributed by atoms with Gasteiger partial charge in [-0.15, -0.1) is 0 Å². The monoisotopic (exact) mass is 440 g/mol. The van der Waals surface area contributed by atoms with Crippen molar-refractivity contribution in [2.75, 3.05) is 14.1 Å². The first-order valence-electron chi connectivity index (χ1n) is 10.8. The van der Waals surface area contributed by atoms with Crippen LogP contribution in [0.3, 0.4) is 0 Å². The van der Waals surface area contributed by atoms with Crippen LogP contribution in [0.1, 0.15) is 53.9 Å². The number of aromatic nitrogens is 1. The Morgan fingerprint density at radius 3 is 2.38 bits per heavy atom. The molecule has 1 N–H and O–H groups in total. The average molecular weight is 440 g/mol. The zero-order chi connectivity index (χ0) is 23.0. The lowest BCUT2D eigenvalue weighted by Gasteiger charge is -2.24. The molecule has 1 aliphatic carbocycles. The van der Waals surface area contributed by atoms with Gasteiger partial charge in [0.1, 0.15) is 6.54 Å². The summed E-state index contributed by atoms with van der Waals surface area (Å²) < 4.78 is 29.7. The molecule has 0 radical (unpaired) electrons. The number of hydrogen-bond donors (Lipinski definition) is 1. The van der Waals surface area contributed by atoms with Crippen LogP contribution in [0, 0.1) is 11.6 Å². The zero-order valence-corrected chi connectivity index (χ0v) is 18.2. The summed E-state index contributed by atoms with van der Waals surface area (Å²) in [6, 6.07) is 8.68. The van der Waals surface area contributed by atoms with Crippen LogP contribution in [0.25, 0.3) is 22.2 Å². The minimum atomic E-state index is -1.06. The Kier molecular flexibility index (Phi) is 6.00. The summed E-state index contributed by atoms with van der Waals surface area (Å²) in [4.78, 5) is 25.8. The summed E-state index contributed by atoms with van der Waals surface area (Å²) in [5.41, 5.74) is 2.84. The van der Waals surface area contributed by atoms with Crippen LogP contribution in [0.4, 0.5) is 8.78 Å². The second-order valence-electron chi connectivity index (χ2n) is 8.64. The van der Waals surface area contributed by atoms with E-state index in [1.54, 1.807) is 36.9 Å². The summed E-state index contributed by atoms with van der Waals surface area (Å²) in [6.45, 7) is -0.0341. The molecule has 0 bridgehead atoms. The lowest BCUT2D eigenvalue weighted by Crippen LogP contribution is -2.26. The average Bonchev–Trinajstić information content (AvgIpc) is 3.09. The number of fused-ring (bicyclic) bond motifs is 1. The van der Waals surface area contributed by atoms with Gasteiger partial charge in [0, 0.05) is 25.0 Å². The number of aromatic carboxylic acids is 1. The van der Waals surface area contributed by atoms with Crippen molar-refractivity contribution in [3.8, 4) is 11.3 Å². The van der Waals surface area contributed by atoms with Crippen molar-refractivity contribution in [1.29, 1.82) is 0 Å². The highest BCUT2D eigenvalue weighted by molar-refractivity contribution is 5.99. The molecule has 1 amide bonds. The molecule has 0 spiro atoms. The number of rotatable bonds is 5. The lowest BCUT2D eigenvalue weighted by molar-refractivity contribution is -0.129. The van der Waals surface area contributed by atoms with E-state index in [1.807, 2.05) is 0 Å². The van der Waals surface area contributed by atoms with Crippen molar-refractivity contribution < 1.29 is 23.5 Å². The van der Waals surface area contributed by atoms with Crippen molar-refractivity contribution in [2.24, 2.45) is 0 Å². The molecule has 7 heteroatoms. The third-order valence-corrected chi connectivity index (χ3v) is 6.35. The highest BCUT2D eigenvalue weighted by Gasteiger charge is 2.28. The smallest absolute Gasteiger partial charge is 0.335 e. The van der Waals surface area contributed by atoms with E-state index in [9.17, 15) is 23.5 Å². The third kappa shape index (κ3) is 3.99. The largest absolute Gasteiger partial charge is 0.478 e. The number of likely N-dealkylation sites (N-methyl/N-ethyl adjacent to an activating group) is 1. The third-order valence-electron chi connectivity index (χ3n) is 6.35. The quantitative estimate of drug-likeness (QED) is 0.576. The van der Waals surface area contributed by atoms with Gasteiger partial charge in [0.05, 0.1) is 16.8 Å². The maximum Gasteiger partial charge on any atom is 0.335 e. The summed E-state index contributed by atoms with van der Waals surface area (Å²) in [5.74, 6) is -2.94. The zero-order valence-electron chi connectivity index (χ0n) is 18.2. The topological polar surface area (TPSA) is 62.5 Å². The Hall–Kier alpha value is -3.22. The number of nitrogens with zero attached hydrogens (tertiary/aromatic N) is 2. The van der Waals surface area contributed by atoms with Gasteiger partial charge in [0.25, 0.3) is 0 Å². The van der Waals surface area contributed by atoms with E-state index in [0.717, 1.165) is 55.2 Å². The number of carbonyl (C=O) groups is 2. The highest BCUT2D eigenvalue weighted by atomic mass is 19.2. The molecule has 168 valence electrons. The summed E-state index contributed by atoms with van der Waals surface area (Å²) in [5, 5.41) is 10.4. The van der Waals surface area contributed by atoms with E-state index in [2.05, 4.69) is 0 Å². The molecular formula is C25H26F2N2O3. The van der Waals surface area contributed by atoms with Gasteiger partial charge in [-0.1, -0.05) is 25.3 Å². The molecule has 0 atom stereocenters. The maximum absolute atomic E-state index is 14.2. The van der Waals surface area contributed by atoms with E-state index < -0.39 is 17.6 Å². The standard InChI is InChI=1S/C25H26F2N2O3/c1-28(2)22(30)14-29-21-13-17(25(31)32)8-10-18(21)23(15-6-4-3-5-7-15)24(29)16-9-11-19(26)20(27)12-16/h8-13,15H,3-7,14H2,1-2H3,(H,31,32). The number of hydrogen-bond acceptors (Lipinski definition) is 2. The van der Waals surface area contributed by atoms with E-state index in [4.69, 9.17) is 0 Å². The highest BCUT2D eigenvalue weighted by Crippen LogP contribution is 2.44. The van der Waals surface area contributed by atoms with Gasteiger partial charge in [-0.25, -0.2) is 13.6 Å². The van der Waals surface area contributed by atoms with Crippen molar-refractivity contribution in [1.82, 2.24) is 9.47 Å². The molecule has 0 saturated heterocycles. The van der Waals surface area contributed by atoms with Crippen LogP contribution in [0.15, 0.2) is 36.4 Å². The molecule has 1 aromatic heterocycles. The predicted octanol–water partition coefficient (Wildman–Crippen LogP) is 5.42. The number of halogens is 2. The normalized spacial score (nSPS) is 14.6. The van der Waals surface area contributed by atoms with Crippen LogP contribution < -0.4 is 0 Å². The van der Waals surface area contributed by atoms with E-state index in [-0.39, 0.29) is 23.9 Å². The molecule has 2 aromatic carbocycles. The minimum Gasteiger partial charge on any atom is -0.478 e. The van der Waals surface area contributed by atoms with Crippen molar-refractivity contribution in [3.63, 3.8) is 0 Å². The molecule has 1 fully saturated rings. The lowest BCUT2D eigenvalue weighted by atomic mass is 9.81. The van der Waals surface area contributed by atoms with Crippen molar-refractivity contribution in [3.05, 3.63) is 59.2 Å². The minimum absolute atomic E-state index is 0.0341. The van der Waals surface area contributed by atoms with Crippen LogP contribution >= 0.6 is 0 Å². The Morgan fingerprint density at radius 2 is 1.75 bits per heavy atom. The van der Waals surface area contributed by atoms with E-state index in [1.165, 1.54) is 11.0 Å². The molecule has 3 aromatic rings. The Labute approximate surface area is 185 Å². The molecular weight excluding hydrogens is 414 g/mol. The maximum atomic E-state index is 14.2. The summed E-state index contributed by atoms with van der Waals surface area (Å²) in [7, 11) is 3.30. The second-order valence-corrected chi connectivity index (χ2v) is 8.64. The van der Waals surface area contributed by atoms with Crippen molar-refractivity contribution in [2.45, 2.75) is 44.6 Å². The fourth-order valence-electron chi connectivity index (χ4n) is 4.71. The molecule has 4 rings (SSSR count). The first-order chi connectivity index (χ1) is 15.3. The van der Waals surface area contributed by atoms with Gasteiger partial charge >= 0.3 is 5.97 Å². The summed E-state index contributed by atoms with van der Waals surface area (Å²) >= 11 is 0. The predicted molar refractivity (Wildman–Crippen MR) is 119 cm³/mol. The van der Waals surface area contributed by atoms with Crippen LogP contribution in [0.5, 0.6) is 0 Å².